The number of fused-ring (bicyclic) bond motifs is 1. The number of nitrogens with two attached hydrogens (primary N) is 1. The van der Waals surface area contributed by atoms with Crippen molar-refractivity contribution in [2.24, 2.45) is 5.73 Å². The minimum Gasteiger partial charge on any atom is -0.343 e. The first-order chi connectivity index (χ1) is 9.83. The average molecular weight is 262 g/mol. The second kappa shape index (κ2) is 5.16. The Balaban J connectivity index is 2.10. The van der Waals surface area contributed by atoms with Crippen molar-refractivity contribution in [1.82, 2.24) is 9.55 Å². The maximum absolute atomic E-state index is 9.12. The molecule has 0 saturated carbocycles. The zero-order valence-electron chi connectivity index (χ0n) is 11.0. The van der Waals surface area contributed by atoms with Crippen LogP contribution in [-0.2, 0) is 13.1 Å². The largest absolute Gasteiger partial charge is 0.343 e. The lowest BCUT2D eigenvalue weighted by atomic mass is 10.1. The predicted molar refractivity (Wildman–Crippen MR) is 77.9 cm³/mol. The first kappa shape index (κ1) is 12.4. The van der Waals surface area contributed by atoms with Crippen molar-refractivity contribution in [1.29, 1.82) is 5.26 Å². The highest BCUT2D eigenvalue weighted by Crippen LogP contribution is 2.21. The molecule has 0 aliphatic rings. The Kier molecular flexibility index (Phi) is 3.20. The molecule has 0 radical (unpaired) electrons. The fraction of sp³-hybridized carbons (Fsp3) is 0.125. The summed E-state index contributed by atoms with van der Waals surface area (Å²) >= 11 is 0. The van der Waals surface area contributed by atoms with Crippen molar-refractivity contribution in [3.63, 3.8) is 0 Å². The summed E-state index contributed by atoms with van der Waals surface area (Å²) in [5.74, 6) is 0. The highest BCUT2D eigenvalue weighted by molar-refractivity contribution is 5.83. The van der Waals surface area contributed by atoms with Crippen molar-refractivity contribution in [2.45, 2.75) is 13.1 Å². The predicted octanol–water partition coefficient (Wildman–Crippen LogP) is 2.41. The molecule has 0 aliphatic carbocycles. The standard InChI is InChI=1S/C16H14N4/c17-9-13-4-1-3-12-6-8-20(16(12)13)11-14-5-2-7-19-15(14)10-18/h1-8H,9,11,17H2. The van der Waals surface area contributed by atoms with Gasteiger partial charge in [-0.15, -0.1) is 0 Å². The van der Waals surface area contributed by atoms with E-state index in [0.29, 0.717) is 18.8 Å². The third-order valence-corrected chi connectivity index (χ3v) is 3.43. The molecule has 2 heterocycles. The van der Waals surface area contributed by atoms with Gasteiger partial charge in [-0.3, -0.25) is 0 Å². The third kappa shape index (κ3) is 2.04. The van der Waals surface area contributed by atoms with Crippen molar-refractivity contribution >= 4 is 10.9 Å². The molecule has 0 amide bonds. The van der Waals surface area contributed by atoms with E-state index in [1.54, 1.807) is 6.20 Å². The quantitative estimate of drug-likeness (QED) is 0.788. The number of benzene rings is 1. The number of pyridine rings is 1. The van der Waals surface area contributed by atoms with Gasteiger partial charge in [0.05, 0.1) is 12.1 Å². The molecular formula is C16H14N4. The second-order valence-electron chi connectivity index (χ2n) is 4.63. The van der Waals surface area contributed by atoms with Gasteiger partial charge in [0, 0.05) is 24.5 Å². The molecule has 20 heavy (non-hydrogen) atoms. The van der Waals surface area contributed by atoms with Crippen LogP contribution in [0.2, 0.25) is 0 Å². The molecule has 0 aliphatic heterocycles. The molecule has 4 nitrogen and oxygen atoms in total. The topological polar surface area (TPSA) is 67.6 Å². The Hall–Kier alpha value is -2.64. The number of para-hydroxylation sites is 1. The number of hydrogen-bond donors (Lipinski definition) is 1. The second-order valence-corrected chi connectivity index (χ2v) is 4.63. The molecule has 0 bridgehead atoms. The van der Waals surface area contributed by atoms with Crippen LogP contribution in [0.3, 0.4) is 0 Å². The summed E-state index contributed by atoms with van der Waals surface area (Å²) in [6, 6.07) is 14.1. The zero-order chi connectivity index (χ0) is 13.9. The Morgan fingerprint density at radius 2 is 2.00 bits per heavy atom. The highest BCUT2D eigenvalue weighted by atomic mass is 15.0. The Labute approximate surface area is 117 Å². The fourth-order valence-electron chi connectivity index (χ4n) is 2.49. The Morgan fingerprint density at radius 3 is 2.80 bits per heavy atom. The van der Waals surface area contributed by atoms with Crippen LogP contribution in [-0.4, -0.2) is 9.55 Å². The van der Waals surface area contributed by atoms with Crippen LogP contribution in [0.15, 0.2) is 48.8 Å². The van der Waals surface area contributed by atoms with Gasteiger partial charge in [-0.25, -0.2) is 4.98 Å². The number of nitriles is 1. The van der Waals surface area contributed by atoms with Crippen LogP contribution in [0, 0.1) is 11.3 Å². The van der Waals surface area contributed by atoms with E-state index in [2.05, 4.69) is 27.8 Å². The monoisotopic (exact) mass is 262 g/mol. The third-order valence-electron chi connectivity index (χ3n) is 3.43. The lowest BCUT2D eigenvalue weighted by Crippen LogP contribution is -2.05. The lowest BCUT2D eigenvalue weighted by molar-refractivity contribution is 0.821. The van der Waals surface area contributed by atoms with Crippen LogP contribution in [0.25, 0.3) is 10.9 Å². The normalized spacial score (nSPS) is 10.6. The Bertz CT molecular complexity index is 796. The van der Waals surface area contributed by atoms with Crippen molar-refractivity contribution in [3.8, 4) is 6.07 Å². The molecule has 0 unspecified atom stereocenters. The first-order valence-corrected chi connectivity index (χ1v) is 6.44. The molecule has 0 spiro atoms. The molecule has 2 N–H and O–H groups in total. The minimum absolute atomic E-state index is 0.472. The maximum atomic E-state index is 9.12. The van der Waals surface area contributed by atoms with Gasteiger partial charge in [-0.2, -0.15) is 5.26 Å². The van der Waals surface area contributed by atoms with Crippen LogP contribution >= 0.6 is 0 Å². The summed E-state index contributed by atoms with van der Waals surface area (Å²) in [4.78, 5) is 4.10. The van der Waals surface area contributed by atoms with E-state index in [9.17, 15) is 0 Å². The van der Waals surface area contributed by atoms with E-state index in [0.717, 1.165) is 22.0 Å². The van der Waals surface area contributed by atoms with Gasteiger partial charge in [0.1, 0.15) is 11.8 Å². The van der Waals surface area contributed by atoms with Gasteiger partial charge < -0.3 is 10.3 Å². The summed E-state index contributed by atoms with van der Waals surface area (Å²) in [6.45, 7) is 1.12. The average Bonchev–Trinajstić information content (AvgIpc) is 2.91. The van der Waals surface area contributed by atoms with Crippen molar-refractivity contribution < 1.29 is 0 Å². The molecular weight excluding hydrogens is 248 g/mol. The van der Waals surface area contributed by atoms with E-state index in [1.165, 1.54) is 0 Å². The van der Waals surface area contributed by atoms with Crippen LogP contribution < -0.4 is 5.73 Å². The number of aromatic nitrogens is 2. The molecule has 1 aromatic carbocycles. The van der Waals surface area contributed by atoms with Gasteiger partial charge in [0.15, 0.2) is 0 Å². The van der Waals surface area contributed by atoms with Crippen LogP contribution in [0.4, 0.5) is 0 Å². The number of nitrogens with zero attached hydrogens (tertiary/aromatic N) is 3. The molecule has 0 fully saturated rings. The molecule has 3 aromatic rings. The Morgan fingerprint density at radius 1 is 1.15 bits per heavy atom. The maximum Gasteiger partial charge on any atom is 0.145 e. The molecule has 2 aromatic heterocycles. The molecule has 0 saturated heterocycles. The van der Waals surface area contributed by atoms with E-state index >= 15 is 0 Å². The van der Waals surface area contributed by atoms with Gasteiger partial charge >= 0.3 is 0 Å². The smallest absolute Gasteiger partial charge is 0.145 e. The van der Waals surface area contributed by atoms with Crippen LogP contribution in [0.5, 0.6) is 0 Å². The van der Waals surface area contributed by atoms with Crippen LogP contribution in [0.1, 0.15) is 16.8 Å². The van der Waals surface area contributed by atoms with E-state index < -0.39 is 0 Å². The fourth-order valence-corrected chi connectivity index (χ4v) is 2.49. The van der Waals surface area contributed by atoms with Gasteiger partial charge in [0.2, 0.25) is 0 Å². The van der Waals surface area contributed by atoms with E-state index in [-0.39, 0.29) is 0 Å². The van der Waals surface area contributed by atoms with Crippen molar-refractivity contribution in [2.75, 3.05) is 0 Å². The zero-order valence-corrected chi connectivity index (χ0v) is 11.0. The molecule has 3 rings (SSSR count). The highest BCUT2D eigenvalue weighted by Gasteiger charge is 2.08. The lowest BCUT2D eigenvalue weighted by Gasteiger charge is -2.09. The number of rotatable bonds is 3. The summed E-state index contributed by atoms with van der Waals surface area (Å²) in [5.41, 5.74) is 9.44. The summed E-state index contributed by atoms with van der Waals surface area (Å²) < 4.78 is 2.12. The van der Waals surface area contributed by atoms with Crippen molar-refractivity contribution in [3.05, 3.63) is 65.6 Å². The first-order valence-electron chi connectivity index (χ1n) is 6.44. The molecule has 4 heteroatoms. The van der Waals surface area contributed by atoms with E-state index in [1.807, 2.05) is 30.5 Å². The summed E-state index contributed by atoms with van der Waals surface area (Å²) in [5, 5.41) is 10.3. The summed E-state index contributed by atoms with van der Waals surface area (Å²) in [6.07, 6.45) is 3.67. The van der Waals surface area contributed by atoms with Gasteiger partial charge in [0.25, 0.3) is 0 Å². The number of hydrogen-bond acceptors (Lipinski definition) is 3. The molecule has 0 atom stereocenters. The SMILES string of the molecule is N#Cc1ncccc1Cn1ccc2cccc(CN)c21. The summed E-state index contributed by atoms with van der Waals surface area (Å²) in [7, 11) is 0. The van der Waals surface area contributed by atoms with Gasteiger partial charge in [-0.1, -0.05) is 24.3 Å². The molecule has 98 valence electrons. The van der Waals surface area contributed by atoms with Gasteiger partial charge in [-0.05, 0) is 23.1 Å². The van der Waals surface area contributed by atoms with E-state index in [4.69, 9.17) is 11.0 Å². The minimum atomic E-state index is 0.472.